The highest BCUT2D eigenvalue weighted by atomic mass is 16.6. The number of Topliss-reactive ketones (excluding diaryl/α,β-unsaturated/α-hetero) is 1. The number of hydrogen-bond acceptors (Lipinski definition) is 4. The fourth-order valence-electron chi connectivity index (χ4n) is 4.90. The van der Waals surface area contributed by atoms with Crippen molar-refractivity contribution in [1.82, 2.24) is 0 Å². The summed E-state index contributed by atoms with van der Waals surface area (Å²) in [6.45, 7) is 1.71. The minimum Gasteiger partial charge on any atom is -0.458 e. The number of rotatable bonds is 1. The summed E-state index contributed by atoms with van der Waals surface area (Å²) in [7, 11) is 0. The number of aliphatic hydroxyl groups is 1. The summed E-state index contributed by atoms with van der Waals surface area (Å²) in [5.74, 6) is -0.509. The van der Waals surface area contributed by atoms with E-state index < -0.39 is 11.6 Å². The van der Waals surface area contributed by atoms with Crippen molar-refractivity contribution in [3.63, 3.8) is 0 Å². The van der Waals surface area contributed by atoms with Gasteiger partial charge in [-0.2, -0.15) is 0 Å². The predicted octanol–water partition coefficient (Wildman–Crippen LogP) is 2.77. The molecule has 0 saturated heterocycles. The summed E-state index contributed by atoms with van der Waals surface area (Å²) < 4.78 is 5.13. The van der Waals surface area contributed by atoms with Crippen molar-refractivity contribution in [2.24, 2.45) is 11.8 Å². The Kier molecular flexibility index (Phi) is 3.20. The molecule has 3 aliphatic carbocycles. The van der Waals surface area contributed by atoms with Crippen molar-refractivity contribution < 1.29 is 19.4 Å². The van der Waals surface area contributed by atoms with Gasteiger partial charge in [0.2, 0.25) is 0 Å². The Labute approximate surface area is 151 Å². The van der Waals surface area contributed by atoms with Gasteiger partial charge in [0.1, 0.15) is 6.61 Å². The summed E-state index contributed by atoms with van der Waals surface area (Å²) in [5, 5.41) is 10.9. The third kappa shape index (κ3) is 1.93. The Morgan fingerprint density at radius 1 is 1.19 bits per heavy atom. The molecule has 1 aromatic carbocycles. The molecule has 1 aromatic rings. The number of benzene rings is 1. The highest BCUT2D eigenvalue weighted by Gasteiger charge is 2.51. The quantitative estimate of drug-likeness (QED) is 0.793. The Hall–Kier alpha value is -2.46. The van der Waals surface area contributed by atoms with Crippen LogP contribution in [0.25, 0.3) is 6.08 Å². The van der Waals surface area contributed by atoms with Gasteiger partial charge in [-0.05, 0) is 47.5 Å². The van der Waals surface area contributed by atoms with Crippen molar-refractivity contribution in [1.29, 1.82) is 0 Å². The van der Waals surface area contributed by atoms with Crippen molar-refractivity contribution in [2.45, 2.75) is 31.8 Å². The lowest BCUT2D eigenvalue weighted by atomic mass is 9.75. The molecule has 1 N–H and O–H groups in total. The Morgan fingerprint density at radius 2 is 2.00 bits per heavy atom. The van der Waals surface area contributed by atoms with Gasteiger partial charge in [0.25, 0.3) is 0 Å². The number of carbonyl (C=O) groups excluding carboxylic acids is 2. The van der Waals surface area contributed by atoms with Crippen molar-refractivity contribution in [3.05, 3.63) is 63.8 Å². The third-order valence-electron chi connectivity index (χ3n) is 6.38. The maximum absolute atomic E-state index is 13.1. The van der Waals surface area contributed by atoms with E-state index >= 15 is 0 Å². The molecule has 3 atom stereocenters. The zero-order valence-electron chi connectivity index (χ0n) is 14.6. The molecule has 4 heteroatoms. The number of ether oxygens (including phenoxy) is 1. The zero-order chi connectivity index (χ0) is 18.1. The minimum atomic E-state index is -1.72. The van der Waals surface area contributed by atoms with Crippen LogP contribution in [0.2, 0.25) is 0 Å². The van der Waals surface area contributed by atoms with Gasteiger partial charge in [-0.1, -0.05) is 43.3 Å². The molecule has 4 nitrogen and oxygen atoms in total. The van der Waals surface area contributed by atoms with Gasteiger partial charge in [0, 0.05) is 17.1 Å². The van der Waals surface area contributed by atoms with Gasteiger partial charge in [0.15, 0.2) is 11.4 Å². The zero-order valence-corrected chi connectivity index (χ0v) is 14.6. The highest BCUT2D eigenvalue weighted by molar-refractivity contribution is 6.06. The Balaban J connectivity index is 1.67. The van der Waals surface area contributed by atoms with E-state index in [1.54, 1.807) is 6.92 Å². The summed E-state index contributed by atoms with van der Waals surface area (Å²) >= 11 is 0. The highest BCUT2D eigenvalue weighted by Crippen LogP contribution is 2.51. The first-order chi connectivity index (χ1) is 12.5. The lowest BCUT2D eigenvalue weighted by molar-refractivity contribution is -0.163. The lowest BCUT2D eigenvalue weighted by Crippen LogP contribution is -2.48. The molecule has 2 unspecified atom stereocenters. The largest absolute Gasteiger partial charge is 0.458 e. The number of hydrogen-bond donors (Lipinski definition) is 1. The second kappa shape index (κ2) is 5.27. The lowest BCUT2D eigenvalue weighted by Gasteiger charge is -2.35. The van der Waals surface area contributed by atoms with Crippen molar-refractivity contribution in [3.8, 4) is 0 Å². The van der Waals surface area contributed by atoms with Crippen LogP contribution >= 0.6 is 0 Å². The summed E-state index contributed by atoms with van der Waals surface area (Å²) in [5.41, 5.74) is 3.88. The maximum atomic E-state index is 13.1. The first-order valence-electron chi connectivity index (χ1n) is 9.22. The molecule has 1 fully saturated rings. The molecule has 0 aromatic heterocycles. The fraction of sp³-hybridized carbons (Fsp3) is 0.364. The van der Waals surface area contributed by atoms with Gasteiger partial charge in [-0.15, -0.1) is 0 Å². The fourth-order valence-corrected chi connectivity index (χ4v) is 4.90. The topological polar surface area (TPSA) is 63.6 Å². The average molecular weight is 348 g/mol. The number of allylic oxidation sites excluding steroid dienone is 2. The van der Waals surface area contributed by atoms with Gasteiger partial charge in [-0.3, -0.25) is 4.79 Å². The second-order valence-corrected chi connectivity index (χ2v) is 7.63. The van der Waals surface area contributed by atoms with Crippen LogP contribution in [0.15, 0.2) is 52.6 Å². The van der Waals surface area contributed by atoms with E-state index in [0.717, 1.165) is 18.4 Å². The molecular weight excluding hydrogens is 328 g/mol. The SMILES string of the molecule is CC[C@@]1(O)C(=O)OCC2=C1C=C1C3=Cc4ccccc4CC3CC1C2=O. The van der Waals surface area contributed by atoms with Crippen molar-refractivity contribution >= 4 is 17.8 Å². The number of ketones is 1. The minimum absolute atomic E-state index is 0.0104. The monoisotopic (exact) mass is 348 g/mol. The van der Waals surface area contributed by atoms with E-state index in [1.807, 2.05) is 12.1 Å². The number of fused-ring (bicyclic) bond motifs is 4. The number of carbonyl (C=O) groups is 2. The van der Waals surface area contributed by atoms with E-state index in [9.17, 15) is 14.7 Å². The van der Waals surface area contributed by atoms with E-state index in [2.05, 4.69) is 24.3 Å². The van der Waals surface area contributed by atoms with E-state index in [4.69, 9.17) is 4.74 Å². The van der Waals surface area contributed by atoms with E-state index in [1.165, 1.54) is 16.7 Å². The molecule has 26 heavy (non-hydrogen) atoms. The molecule has 0 spiro atoms. The van der Waals surface area contributed by atoms with Crippen LogP contribution in [0.4, 0.5) is 0 Å². The van der Waals surface area contributed by atoms with Crippen LogP contribution in [-0.4, -0.2) is 29.1 Å². The predicted molar refractivity (Wildman–Crippen MR) is 96.0 cm³/mol. The van der Waals surface area contributed by atoms with Crippen LogP contribution in [-0.2, 0) is 20.7 Å². The molecule has 1 saturated carbocycles. The van der Waals surface area contributed by atoms with Crippen LogP contribution in [0.3, 0.4) is 0 Å². The smallest absolute Gasteiger partial charge is 0.343 e. The standard InChI is InChI=1S/C22H20O4/c1-2-22(25)19-10-16-15-8-13-6-4-3-5-12(13)7-14(15)9-17(16)20(23)18(19)11-26-21(22)24/h3-6,8,10,14,17,25H,2,7,9,11H2,1H3/t14?,17?,22-/m0/s1. The van der Waals surface area contributed by atoms with Crippen LogP contribution in [0.5, 0.6) is 0 Å². The Bertz CT molecular complexity index is 949. The second-order valence-electron chi connectivity index (χ2n) is 7.63. The molecule has 0 bridgehead atoms. The molecule has 0 radical (unpaired) electrons. The van der Waals surface area contributed by atoms with Crippen LogP contribution < -0.4 is 0 Å². The first-order valence-corrected chi connectivity index (χ1v) is 9.22. The number of cyclic esters (lactones) is 1. The van der Waals surface area contributed by atoms with Gasteiger partial charge in [-0.25, -0.2) is 4.79 Å². The van der Waals surface area contributed by atoms with Crippen LogP contribution in [0, 0.1) is 11.8 Å². The first kappa shape index (κ1) is 15.8. The molecule has 0 amide bonds. The molecule has 1 heterocycles. The average Bonchev–Trinajstić information content (AvgIpc) is 3.01. The summed E-state index contributed by atoms with van der Waals surface area (Å²) in [6, 6.07) is 8.32. The third-order valence-corrected chi connectivity index (χ3v) is 6.38. The Morgan fingerprint density at radius 3 is 2.81 bits per heavy atom. The molecule has 132 valence electrons. The molecular formula is C22H20O4. The van der Waals surface area contributed by atoms with Gasteiger partial charge in [0.05, 0.1) is 0 Å². The van der Waals surface area contributed by atoms with E-state index in [0.29, 0.717) is 17.1 Å². The molecule has 5 rings (SSSR count). The van der Waals surface area contributed by atoms with Crippen LogP contribution in [0.1, 0.15) is 30.9 Å². The summed E-state index contributed by atoms with van der Waals surface area (Å²) in [4.78, 5) is 25.3. The van der Waals surface area contributed by atoms with Crippen molar-refractivity contribution in [2.75, 3.05) is 6.61 Å². The molecule has 1 aliphatic heterocycles. The summed E-state index contributed by atoms with van der Waals surface area (Å²) in [6.07, 6.45) is 6.00. The van der Waals surface area contributed by atoms with E-state index in [-0.39, 0.29) is 24.7 Å². The van der Waals surface area contributed by atoms with Gasteiger partial charge < -0.3 is 9.84 Å². The number of esters is 1. The maximum Gasteiger partial charge on any atom is 0.343 e. The normalized spacial score (nSPS) is 32.1. The van der Waals surface area contributed by atoms with Gasteiger partial charge >= 0.3 is 5.97 Å². The molecule has 4 aliphatic rings.